The van der Waals surface area contributed by atoms with Crippen LogP contribution in [-0.2, 0) is 31.6 Å². The first kappa shape index (κ1) is 26.8. The second kappa shape index (κ2) is 9.03. The van der Waals surface area contributed by atoms with E-state index in [0.717, 1.165) is 17.8 Å². The Bertz CT molecular complexity index is 1290. The Morgan fingerprint density at radius 3 is 2.50 bits per heavy atom. The molecule has 0 aromatic carbocycles. The number of nitrogens with zero attached hydrogens (tertiary/aromatic N) is 3. The number of fused-ring (bicyclic) bond motifs is 1. The third-order valence-electron chi connectivity index (χ3n) is 4.58. The molecule has 1 saturated heterocycles. The van der Waals surface area contributed by atoms with Crippen LogP contribution in [0.5, 0.6) is 0 Å². The predicted molar refractivity (Wildman–Crippen MR) is 109 cm³/mol. The third kappa shape index (κ3) is 5.55. The fraction of sp³-hybridized carbons (Fsp3) is 0.429. The van der Waals surface area contributed by atoms with E-state index >= 15 is 4.39 Å². The van der Waals surface area contributed by atoms with E-state index in [1.807, 2.05) is 0 Å². The normalized spacial score (nSPS) is 28.9. The van der Waals surface area contributed by atoms with Crippen LogP contribution < -0.4 is 5.73 Å². The molecule has 3 heterocycles. The van der Waals surface area contributed by atoms with Crippen molar-refractivity contribution in [3.05, 3.63) is 18.1 Å². The van der Waals surface area contributed by atoms with Crippen molar-refractivity contribution in [3.8, 4) is 12.3 Å². The summed E-state index contributed by atoms with van der Waals surface area (Å²) in [6.07, 6.45) is 2.59. The second-order valence-electron chi connectivity index (χ2n) is 7.06. The highest BCUT2D eigenvalue weighted by Gasteiger charge is 2.56. The Hall–Kier alpha value is -1.76. The molecule has 0 amide bonds. The van der Waals surface area contributed by atoms with Crippen LogP contribution in [0.2, 0.25) is 0 Å². The molecule has 6 atom stereocenters. The average molecular weight is 546 g/mol. The fourth-order valence-electron chi connectivity index (χ4n) is 3.22. The van der Waals surface area contributed by atoms with Gasteiger partial charge in [0.05, 0.1) is 17.6 Å². The van der Waals surface area contributed by atoms with Gasteiger partial charge in [0.2, 0.25) is 0 Å². The molecule has 0 radical (unpaired) electrons. The molecule has 3 rings (SSSR count). The van der Waals surface area contributed by atoms with Gasteiger partial charge < -0.3 is 39.7 Å². The van der Waals surface area contributed by atoms with E-state index in [-0.39, 0.29) is 22.4 Å². The lowest BCUT2D eigenvalue weighted by Crippen LogP contribution is -2.40. The lowest BCUT2D eigenvalue weighted by molar-refractivity contribution is -0.0557. The van der Waals surface area contributed by atoms with Crippen molar-refractivity contribution in [2.45, 2.75) is 31.0 Å². The summed E-state index contributed by atoms with van der Waals surface area (Å²) >= 11 is 0. The predicted octanol–water partition coefficient (Wildman–Crippen LogP) is 0.325. The van der Waals surface area contributed by atoms with Gasteiger partial charge in [-0.15, -0.1) is 6.42 Å². The van der Waals surface area contributed by atoms with Crippen molar-refractivity contribution >= 4 is 40.3 Å². The minimum atomic E-state index is -5.76. The lowest BCUT2D eigenvalue weighted by atomic mass is 9.98. The molecule has 20 heteroatoms. The van der Waals surface area contributed by atoms with Gasteiger partial charge in [0, 0.05) is 6.20 Å². The Balaban J connectivity index is 1.81. The molecule has 0 spiro atoms. The van der Waals surface area contributed by atoms with Crippen LogP contribution in [-0.4, -0.2) is 63.7 Å². The van der Waals surface area contributed by atoms with Crippen LogP contribution in [0, 0.1) is 12.3 Å². The highest BCUT2D eigenvalue weighted by molar-refractivity contribution is 7.66. The smallest absolute Gasteiger partial charge is 0.387 e. The standard InChI is InChI=1S/C14H18FN4O12P3/c1-3-7-4-19(12-9(7)11(16)17-6-18-12)13-14(2,15)10(20)8(29-13)5-28-33(24,25)31-34(26,27)30-32(21,22)23/h1,4,6,8,10,13,20H,5H2,2H3,(H,24,25)(H,26,27)(H2,16,17,18)(H2,21,22,23)/t8-,10-,13-,14-/m1/s1. The summed E-state index contributed by atoms with van der Waals surface area (Å²) in [5.41, 5.74) is 3.52. The number of aliphatic hydroxyl groups excluding tert-OH is 1. The fourth-order valence-corrected chi connectivity index (χ4v) is 6.25. The Morgan fingerprint density at radius 2 is 1.91 bits per heavy atom. The van der Waals surface area contributed by atoms with E-state index in [1.165, 1.54) is 6.20 Å². The number of halogens is 1. The summed E-state index contributed by atoms with van der Waals surface area (Å²) in [4.78, 5) is 43.6. The maximum atomic E-state index is 15.5. The number of anilines is 1. The number of alkyl halides is 1. The van der Waals surface area contributed by atoms with Gasteiger partial charge in [0.15, 0.2) is 11.9 Å². The number of hydrogen-bond acceptors (Lipinski definition) is 11. The number of nitrogens with two attached hydrogens (primary N) is 1. The summed E-state index contributed by atoms with van der Waals surface area (Å²) in [5.74, 6) is 2.34. The Kier molecular flexibility index (Phi) is 7.13. The molecule has 188 valence electrons. The van der Waals surface area contributed by atoms with Crippen LogP contribution in [0.25, 0.3) is 11.0 Å². The summed E-state index contributed by atoms with van der Waals surface area (Å²) in [6, 6.07) is 0. The van der Waals surface area contributed by atoms with E-state index < -0.39 is 54.2 Å². The first-order chi connectivity index (χ1) is 15.5. The van der Waals surface area contributed by atoms with Crippen molar-refractivity contribution in [2.24, 2.45) is 0 Å². The van der Waals surface area contributed by atoms with E-state index in [9.17, 15) is 28.6 Å². The maximum Gasteiger partial charge on any atom is 0.490 e. The summed E-state index contributed by atoms with van der Waals surface area (Å²) in [6.45, 7) is -0.113. The number of rotatable bonds is 8. The van der Waals surface area contributed by atoms with Crippen molar-refractivity contribution in [1.82, 2.24) is 14.5 Å². The first-order valence-corrected chi connectivity index (χ1v) is 13.4. The van der Waals surface area contributed by atoms with Crippen LogP contribution in [0.4, 0.5) is 10.2 Å². The molecule has 0 bridgehead atoms. The molecule has 2 aromatic rings. The number of aliphatic hydroxyl groups is 1. The molecule has 1 fully saturated rings. The summed E-state index contributed by atoms with van der Waals surface area (Å²) < 4.78 is 67.6. The van der Waals surface area contributed by atoms with E-state index in [1.54, 1.807) is 0 Å². The maximum absolute atomic E-state index is 15.5. The third-order valence-corrected chi connectivity index (χ3v) is 8.38. The quantitative estimate of drug-likeness (QED) is 0.193. The molecule has 1 aliphatic heterocycles. The minimum Gasteiger partial charge on any atom is -0.387 e. The highest BCUT2D eigenvalue weighted by atomic mass is 31.3. The molecule has 1 aliphatic rings. The first-order valence-electron chi connectivity index (χ1n) is 8.86. The number of nitrogen functional groups attached to an aromatic ring is 1. The van der Waals surface area contributed by atoms with Crippen molar-refractivity contribution < 1.29 is 60.6 Å². The minimum absolute atomic E-state index is 0.0000145. The van der Waals surface area contributed by atoms with Crippen molar-refractivity contribution in [2.75, 3.05) is 12.3 Å². The van der Waals surface area contributed by atoms with Crippen LogP contribution in [0.1, 0.15) is 18.7 Å². The molecular formula is C14H18FN4O12P3. The highest BCUT2D eigenvalue weighted by Crippen LogP contribution is 2.66. The molecule has 16 nitrogen and oxygen atoms in total. The van der Waals surface area contributed by atoms with Gasteiger partial charge in [0.1, 0.15) is 30.0 Å². The topological polar surface area (TPSA) is 246 Å². The van der Waals surface area contributed by atoms with Crippen LogP contribution in [0.15, 0.2) is 12.5 Å². The number of phosphoric acid groups is 3. The number of phosphoric ester groups is 1. The van der Waals surface area contributed by atoms with Crippen LogP contribution >= 0.6 is 23.5 Å². The zero-order valence-corrected chi connectivity index (χ0v) is 19.6. The molecule has 2 aromatic heterocycles. The van der Waals surface area contributed by atoms with Gasteiger partial charge in [-0.25, -0.2) is 28.1 Å². The molecule has 0 aliphatic carbocycles. The molecule has 34 heavy (non-hydrogen) atoms. The van der Waals surface area contributed by atoms with Gasteiger partial charge in [-0.1, -0.05) is 5.92 Å². The van der Waals surface area contributed by atoms with E-state index in [4.69, 9.17) is 26.7 Å². The van der Waals surface area contributed by atoms with Gasteiger partial charge in [0.25, 0.3) is 0 Å². The zero-order valence-electron chi connectivity index (χ0n) is 16.9. The van der Waals surface area contributed by atoms with Gasteiger partial charge in [-0.05, 0) is 6.92 Å². The summed E-state index contributed by atoms with van der Waals surface area (Å²) in [7, 11) is -16.9. The number of ether oxygens (including phenoxy) is 1. The monoisotopic (exact) mass is 546 g/mol. The van der Waals surface area contributed by atoms with E-state index in [2.05, 4.69) is 29.0 Å². The van der Waals surface area contributed by atoms with Gasteiger partial charge in [-0.2, -0.15) is 8.62 Å². The molecule has 7 N–H and O–H groups in total. The average Bonchev–Trinajstić information content (AvgIpc) is 3.14. The number of hydrogen-bond donors (Lipinski definition) is 6. The lowest BCUT2D eigenvalue weighted by Gasteiger charge is -2.25. The van der Waals surface area contributed by atoms with Gasteiger partial charge >= 0.3 is 23.5 Å². The van der Waals surface area contributed by atoms with Gasteiger partial charge in [-0.3, -0.25) is 4.52 Å². The molecule has 0 saturated carbocycles. The van der Waals surface area contributed by atoms with E-state index in [0.29, 0.717) is 0 Å². The number of aromatic nitrogens is 3. The Labute approximate surface area is 189 Å². The largest absolute Gasteiger partial charge is 0.490 e. The Morgan fingerprint density at radius 1 is 1.26 bits per heavy atom. The van der Waals surface area contributed by atoms with Crippen molar-refractivity contribution in [3.63, 3.8) is 0 Å². The van der Waals surface area contributed by atoms with Crippen LogP contribution in [0.3, 0.4) is 0 Å². The molecular weight excluding hydrogens is 528 g/mol. The number of terminal acetylenes is 1. The SMILES string of the molecule is C#Cc1cn([C@@H]2O[C@H](COP(=O)(O)OP(=O)(O)OP(=O)(O)O)[C@@H](O)[C@@]2(C)F)c2ncnc(N)c12. The zero-order chi connectivity index (χ0) is 25.7. The second-order valence-corrected chi connectivity index (χ2v) is 11.5. The molecule has 2 unspecified atom stereocenters. The summed E-state index contributed by atoms with van der Waals surface area (Å²) in [5, 5.41) is 10.6. The van der Waals surface area contributed by atoms with Crippen molar-refractivity contribution in [1.29, 1.82) is 0 Å².